The number of nitrogens with one attached hydrogen (secondary N) is 1. The average Bonchev–Trinajstić information content (AvgIpc) is 3.47. The third kappa shape index (κ3) is 5.39. The van der Waals surface area contributed by atoms with Crippen molar-refractivity contribution in [3.05, 3.63) is 71.9 Å². The Morgan fingerprint density at radius 1 is 0.905 bits per heavy atom. The zero-order valence-electron chi connectivity index (χ0n) is 23.9. The van der Waals surface area contributed by atoms with Gasteiger partial charge in [0, 0.05) is 10.9 Å². The summed E-state index contributed by atoms with van der Waals surface area (Å²) in [7, 11) is 4.43. The number of hydrogen-bond donors (Lipinski definition) is 2. The summed E-state index contributed by atoms with van der Waals surface area (Å²) in [4.78, 5) is 38.7. The van der Waals surface area contributed by atoms with Gasteiger partial charge in [-0.15, -0.1) is 0 Å². The fraction of sp³-hybridized carbons (Fsp3) is 0.312. The molecule has 0 saturated heterocycles. The molecule has 0 bridgehead atoms. The summed E-state index contributed by atoms with van der Waals surface area (Å²) < 4.78 is 18.1. The molecule has 0 unspecified atom stereocenters. The normalized spacial score (nSPS) is 14.3. The Balaban J connectivity index is 1.68. The van der Waals surface area contributed by atoms with Crippen LogP contribution in [0.25, 0.3) is 27.7 Å². The number of amides is 2. The molecule has 5 rings (SSSR count). The van der Waals surface area contributed by atoms with Crippen molar-refractivity contribution in [2.24, 2.45) is 11.7 Å². The summed E-state index contributed by atoms with van der Waals surface area (Å²) >= 11 is 0. The number of hydrogen-bond acceptors (Lipinski definition) is 7. The number of benzene rings is 3. The van der Waals surface area contributed by atoms with E-state index in [1.807, 2.05) is 24.3 Å². The summed E-state index contributed by atoms with van der Waals surface area (Å²) in [5, 5.41) is 8.99. The SMILES string of the molecule is COC(=O)[C@@H](NC(=O)c1cc(-c2c(OC)cccc2OC)n(-c2ccc(C(N)=O)c3ccccc23)n1)C1CCCCC1. The summed E-state index contributed by atoms with van der Waals surface area (Å²) in [5.41, 5.74) is 7.82. The Bertz CT molecular complexity index is 1620. The lowest BCUT2D eigenvalue weighted by Gasteiger charge is -2.28. The van der Waals surface area contributed by atoms with Crippen molar-refractivity contribution in [1.82, 2.24) is 15.1 Å². The van der Waals surface area contributed by atoms with Crippen molar-refractivity contribution in [1.29, 1.82) is 0 Å². The molecule has 42 heavy (non-hydrogen) atoms. The van der Waals surface area contributed by atoms with Crippen LogP contribution < -0.4 is 20.5 Å². The molecule has 1 heterocycles. The van der Waals surface area contributed by atoms with E-state index in [-0.39, 0.29) is 11.6 Å². The maximum atomic E-state index is 13.7. The van der Waals surface area contributed by atoms with Gasteiger partial charge in [-0.2, -0.15) is 5.10 Å². The Hall–Kier alpha value is -4.86. The predicted octanol–water partition coefficient (Wildman–Crippen LogP) is 4.66. The number of methoxy groups -OCH3 is 3. The Labute approximate surface area is 243 Å². The van der Waals surface area contributed by atoms with E-state index in [2.05, 4.69) is 5.32 Å². The number of nitrogens with zero attached hydrogens (tertiary/aromatic N) is 2. The highest BCUT2D eigenvalue weighted by atomic mass is 16.5. The molecule has 218 valence electrons. The molecule has 1 atom stereocenters. The van der Waals surface area contributed by atoms with Gasteiger partial charge < -0.3 is 25.3 Å². The first-order chi connectivity index (χ1) is 20.4. The molecule has 1 fully saturated rings. The van der Waals surface area contributed by atoms with Gasteiger partial charge in [0.15, 0.2) is 5.69 Å². The molecule has 1 aliphatic carbocycles. The molecule has 1 aromatic heterocycles. The molecular formula is C32H34N4O6. The van der Waals surface area contributed by atoms with Gasteiger partial charge in [-0.25, -0.2) is 9.48 Å². The molecule has 10 nitrogen and oxygen atoms in total. The lowest BCUT2D eigenvalue weighted by molar-refractivity contribution is -0.144. The van der Waals surface area contributed by atoms with Crippen molar-refractivity contribution in [3.63, 3.8) is 0 Å². The van der Waals surface area contributed by atoms with Gasteiger partial charge in [0.25, 0.3) is 5.91 Å². The number of fused-ring (bicyclic) bond motifs is 1. The number of primary amides is 1. The minimum absolute atomic E-state index is 0.0173. The van der Waals surface area contributed by atoms with Crippen molar-refractivity contribution >= 4 is 28.6 Å². The lowest BCUT2D eigenvalue weighted by Crippen LogP contribution is -2.47. The number of rotatable bonds is 9. The summed E-state index contributed by atoms with van der Waals surface area (Å²) in [6.45, 7) is 0. The molecule has 0 spiro atoms. The lowest BCUT2D eigenvalue weighted by atomic mass is 9.84. The van der Waals surface area contributed by atoms with Crippen LogP contribution in [0.1, 0.15) is 53.0 Å². The highest BCUT2D eigenvalue weighted by molar-refractivity contribution is 6.08. The van der Waals surface area contributed by atoms with Crippen LogP contribution in [0.2, 0.25) is 0 Å². The maximum Gasteiger partial charge on any atom is 0.328 e. The van der Waals surface area contributed by atoms with E-state index >= 15 is 0 Å². The average molecular weight is 571 g/mol. The highest BCUT2D eigenvalue weighted by Gasteiger charge is 2.33. The Morgan fingerprint density at radius 2 is 1.57 bits per heavy atom. The van der Waals surface area contributed by atoms with Crippen LogP contribution in [0.15, 0.2) is 60.7 Å². The Kier molecular flexibility index (Phi) is 8.42. The monoisotopic (exact) mass is 570 g/mol. The van der Waals surface area contributed by atoms with E-state index in [4.69, 9.17) is 25.0 Å². The second-order valence-corrected chi connectivity index (χ2v) is 10.3. The van der Waals surface area contributed by atoms with E-state index in [0.717, 1.165) is 32.1 Å². The van der Waals surface area contributed by atoms with Crippen LogP contribution in [0, 0.1) is 5.92 Å². The fourth-order valence-electron chi connectivity index (χ4n) is 5.82. The van der Waals surface area contributed by atoms with Crippen LogP contribution in [-0.2, 0) is 9.53 Å². The number of nitrogens with two attached hydrogens (primary N) is 1. The van der Waals surface area contributed by atoms with E-state index < -0.39 is 23.8 Å². The van der Waals surface area contributed by atoms with Crippen molar-refractivity contribution < 1.29 is 28.6 Å². The van der Waals surface area contributed by atoms with Gasteiger partial charge in [-0.1, -0.05) is 49.6 Å². The van der Waals surface area contributed by atoms with E-state index in [9.17, 15) is 14.4 Å². The molecule has 0 aliphatic heterocycles. The predicted molar refractivity (Wildman–Crippen MR) is 158 cm³/mol. The first kappa shape index (κ1) is 28.7. The summed E-state index contributed by atoms with van der Waals surface area (Å²) in [6.07, 6.45) is 4.76. The number of aromatic nitrogens is 2. The van der Waals surface area contributed by atoms with Gasteiger partial charge in [0.05, 0.1) is 38.3 Å². The molecule has 3 N–H and O–H groups in total. The number of esters is 1. The number of carbonyl (C=O) groups is 3. The number of carbonyl (C=O) groups excluding carboxylic acids is 3. The third-order valence-electron chi connectivity index (χ3n) is 7.88. The van der Waals surface area contributed by atoms with E-state index in [1.165, 1.54) is 7.11 Å². The quantitative estimate of drug-likeness (QED) is 0.280. The maximum absolute atomic E-state index is 13.7. The first-order valence-electron chi connectivity index (χ1n) is 13.9. The minimum atomic E-state index is -0.784. The van der Waals surface area contributed by atoms with Crippen LogP contribution >= 0.6 is 0 Å². The smallest absolute Gasteiger partial charge is 0.328 e. The zero-order valence-corrected chi connectivity index (χ0v) is 23.9. The van der Waals surface area contributed by atoms with Crippen molar-refractivity contribution in [2.75, 3.05) is 21.3 Å². The van der Waals surface area contributed by atoms with Gasteiger partial charge in [0.2, 0.25) is 5.91 Å². The minimum Gasteiger partial charge on any atom is -0.496 e. The van der Waals surface area contributed by atoms with E-state index in [0.29, 0.717) is 44.8 Å². The zero-order chi connectivity index (χ0) is 29.8. The molecule has 1 aliphatic rings. The van der Waals surface area contributed by atoms with Crippen LogP contribution in [0.3, 0.4) is 0 Å². The molecule has 10 heteroatoms. The second kappa shape index (κ2) is 12.3. The third-order valence-corrected chi connectivity index (χ3v) is 7.88. The molecule has 2 amide bonds. The van der Waals surface area contributed by atoms with Crippen molar-refractivity contribution in [2.45, 2.75) is 38.1 Å². The van der Waals surface area contributed by atoms with Crippen molar-refractivity contribution in [3.8, 4) is 28.4 Å². The fourth-order valence-corrected chi connectivity index (χ4v) is 5.82. The van der Waals surface area contributed by atoms with Gasteiger partial charge >= 0.3 is 5.97 Å². The van der Waals surface area contributed by atoms with Gasteiger partial charge in [0.1, 0.15) is 17.5 Å². The summed E-state index contributed by atoms with van der Waals surface area (Å²) in [5.74, 6) is -0.541. The van der Waals surface area contributed by atoms with Crippen LogP contribution in [0.5, 0.6) is 11.5 Å². The molecule has 3 aromatic carbocycles. The largest absolute Gasteiger partial charge is 0.496 e. The molecular weight excluding hydrogens is 536 g/mol. The second-order valence-electron chi connectivity index (χ2n) is 10.3. The summed E-state index contributed by atoms with van der Waals surface area (Å²) in [6, 6.07) is 17.0. The topological polar surface area (TPSA) is 135 Å². The number of ether oxygens (including phenoxy) is 3. The first-order valence-corrected chi connectivity index (χ1v) is 13.9. The van der Waals surface area contributed by atoms with E-state index in [1.54, 1.807) is 55.3 Å². The van der Waals surface area contributed by atoms with Gasteiger partial charge in [-0.05, 0) is 54.5 Å². The Morgan fingerprint density at radius 3 is 2.19 bits per heavy atom. The standard InChI is InChI=1S/C32H34N4O6/c1-40-26-14-9-15-27(41-2)28(26)25-18-23(31(38)34-29(32(39)42-3)19-10-5-4-6-11-19)35-36(25)24-17-16-22(30(33)37)20-12-7-8-13-21(20)24/h7-9,12-19,29H,4-6,10-11H2,1-3H3,(H2,33,37)(H,34,38)/t29-/m0/s1. The molecule has 4 aromatic rings. The van der Waals surface area contributed by atoms with Crippen LogP contribution in [-0.4, -0.2) is 54.9 Å². The van der Waals surface area contributed by atoms with Crippen LogP contribution in [0.4, 0.5) is 0 Å². The molecule has 0 radical (unpaired) electrons. The van der Waals surface area contributed by atoms with Gasteiger partial charge in [-0.3, -0.25) is 9.59 Å². The molecule has 1 saturated carbocycles. The highest BCUT2D eigenvalue weighted by Crippen LogP contribution is 2.40.